The van der Waals surface area contributed by atoms with Gasteiger partial charge in [0.2, 0.25) is 0 Å². The topological polar surface area (TPSA) is 79.5 Å². The van der Waals surface area contributed by atoms with E-state index >= 15 is 0 Å². The van der Waals surface area contributed by atoms with Gasteiger partial charge in [-0.2, -0.15) is 11.8 Å². The molecule has 1 aromatic rings. The van der Waals surface area contributed by atoms with Crippen molar-refractivity contribution in [2.75, 3.05) is 12.0 Å². The molecule has 5 nitrogen and oxygen atoms in total. The molecule has 1 unspecified atom stereocenters. The second kappa shape index (κ2) is 6.65. The third kappa shape index (κ3) is 3.76. The van der Waals surface area contributed by atoms with Gasteiger partial charge in [-0.05, 0) is 39.2 Å². The fourth-order valence-corrected chi connectivity index (χ4v) is 2.32. The van der Waals surface area contributed by atoms with Crippen LogP contribution in [0, 0.1) is 20.8 Å². The maximum absolute atomic E-state index is 12.1. The van der Waals surface area contributed by atoms with Gasteiger partial charge in [0.25, 0.3) is 5.91 Å². The Bertz CT molecular complexity index is 481. The van der Waals surface area contributed by atoms with Crippen molar-refractivity contribution >= 4 is 23.6 Å². The first-order valence-electron chi connectivity index (χ1n) is 5.97. The molecule has 1 aromatic heterocycles. The maximum atomic E-state index is 12.1. The molecule has 0 aromatic carbocycles. The van der Waals surface area contributed by atoms with Crippen LogP contribution in [0.4, 0.5) is 0 Å². The van der Waals surface area contributed by atoms with Crippen LogP contribution in [0.2, 0.25) is 0 Å². The molecule has 1 amide bonds. The Balaban J connectivity index is 2.85. The van der Waals surface area contributed by atoms with Gasteiger partial charge >= 0.3 is 5.97 Å². The lowest BCUT2D eigenvalue weighted by atomic mass is 10.1. The van der Waals surface area contributed by atoms with Crippen LogP contribution in [-0.2, 0) is 4.79 Å². The van der Waals surface area contributed by atoms with Crippen molar-refractivity contribution in [3.63, 3.8) is 0 Å². The van der Waals surface area contributed by atoms with E-state index in [9.17, 15) is 9.59 Å². The monoisotopic (exact) mass is 285 g/mol. The number of carbonyl (C=O) groups excluding carboxylic acids is 1. The van der Waals surface area contributed by atoms with Crippen LogP contribution in [0.1, 0.15) is 33.9 Å². The Hall–Kier alpha value is -1.43. The molecule has 0 aliphatic carbocycles. The fraction of sp³-hybridized carbons (Fsp3) is 0.538. The molecule has 6 heteroatoms. The van der Waals surface area contributed by atoms with Crippen molar-refractivity contribution in [2.45, 2.75) is 33.2 Å². The third-order valence-electron chi connectivity index (χ3n) is 3.00. The summed E-state index contributed by atoms with van der Waals surface area (Å²) in [6.07, 6.45) is 2.30. The van der Waals surface area contributed by atoms with Gasteiger partial charge in [-0.1, -0.05) is 0 Å². The second-order valence-corrected chi connectivity index (χ2v) is 5.35. The quantitative estimate of drug-likeness (QED) is 0.837. The van der Waals surface area contributed by atoms with E-state index < -0.39 is 12.0 Å². The van der Waals surface area contributed by atoms with Gasteiger partial charge in [0.1, 0.15) is 17.6 Å². The Morgan fingerprint density at radius 3 is 2.37 bits per heavy atom. The number of hydrogen-bond donors (Lipinski definition) is 2. The molecule has 1 heterocycles. The average molecular weight is 285 g/mol. The molecule has 0 aliphatic heterocycles. The molecule has 2 N–H and O–H groups in total. The van der Waals surface area contributed by atoms with Gasteiger partial charge in [-0.15, -0.1) is 0 Å². The zero-order valence-corrected chi connectivity index (χ0v) is 12.4. The molecule has 0 spiro atoms. The maximum Gasteiger partial charge on any atom is 0.326 e. The van der Waals surface area contributed by atoms with Crippen molar-refractivity contribution in [2.24, 2.45) is 0 Å². The van der Waals surface area contributed by atoms with Crippen molar-refractivity contribution in [3.8, 4) is 0 Å². The van der Waals surface area contributed by atoms with Gasteiger partial charge < -0.3 is 14.8 Å². The summed E-state index contributed by atoms with van der Waals surface area (Å²) in [6.45, 7) is 5.27. The van der Waals surface area contributed by atoms with E-state index in [0.717, 1.165) is 5.56 Å². The van der Waals surface area contributed by atoms with Crippen LogP contribution in [0.25, 0.3) is 0 Å². The number of aliphatic carboxylic acids is 1. The number of carboxylic acid groups (broad SMARTS) is 1. The second-order valence-electron chi connectivity index (χ2n) is 4.36. The lowest BCUT2D eigenvalue weighted by Crippen LogP contribution is -2.41. The molecule has 0 saturated heterocycles. The molecule has 1 rings (SSSR count). The highest BCUT2D eigenvalue weighted by Crippen LogP contribution is 2.20. The van der Waals surface area contributed by atoms with Gasteiger partial charge in [-0.25, -0.2) is 4.79 Å². The van der Waals surface area contributed by atoms with Crippen molar-refractivity contribution < 1.29 is 19.1 Å². The molecular formula is C13H19NO4S. The Kier molecular flexibility index (Phi) is 5.47. The molecule has 0 fully saturated rings. The van der Waals surface area contributed by atoms with E-state index in [0.29, 0.717) is 29.3 Å². The minimum Gasteiger partial charge on any atom is -0.480 e. The number of furan rings is 1. The lowest BCUT2D eigenvalue weighted by molar-refractivity contribution is -0.139. The number of aryl methyl sites for hydroxylation is 2. The highest BCUT2D eigenvalue weighted by molar-refractivity contribution is 7.98. The molecule has 0 bridgehead atoms. The van der Waals surface area contributed by atoms with Gasteiger partial charge in [-0.3, -0.25) is 4.79 Å². The first-order valence-corrected chi connectivity index (χ1v) is 7.37. The lowest BCUT2D eigenvalue weighted by Gasteiger charge is -2.14. The normalized spacial score (nSPS) is 12.2. The number of carbonyl (C=O) groups is 2. The molecule has 0 aliphatic rings. The number of hydrogen-bond acceptors (Lipinski definition) is 4. The minimum absolute atomic E-state index is 0.389. The van der Waals surface area contributed by atoms with E-state index in [1.54, 1.807) is 32.5 Å². The van der Waals surface area contributed by atoms with Crippen LogP contribution in [0.15, 0.2) is 4.42 Å². The van der Waals surface area contributed by atoms with E-state index in [1.807, 2.05) is 6.26 Å². The van der Waals surface area contributed by atoms with Crippen LogP contribution >= 0.6 is 11.8 Å². The minimum atomic E-state index is -1.02. The highest BCUT2D eigenvalue weighted by Gasteiger charge is 2.24. The van der Waals surface area contributed by atoms with Crippen LogP contribution in [0.5, 0.6) is 0 Å². The number of nitrogens with one attached hydrogen (secondary N) is 1. The summed E-state index contributed by atoms with van der Waals surface area (Å²) in [5.41, 5.74) is 1.19. The highest BCUT2D eigenvalue weighted by atomic mass is 32.2. The van der Waals surface area contributed by atoms with E-state index in [2.05, 4.69) is 5.32 Å². The summed E-state index contributed by atoms with van der Waals surface area (Å²) in [5.74, 6) is 0.470. The molecule has 19 heavy (non-hydrogen) atoms. The zero-order valence-electron chi connectivity index (χ0n) is 11.6. The predicted octanol–water partition coefficient (Wildman–Crippen LogP) is 2.14. The SMILES string of the molecule is CSCCC(NC(=O)c1c(C)oc(C)c1C)C(=O)O. The Morgan fingerprint density at radius 1 is 1.32 bits per heavy atom. The Morgan fingerprint density at radius 2 is 1.95 bits per heavy atom. The van der Waals surface area contributed by atoms with Gasteiger partial charge in [0, 0.05) is 5.56 Å². The van der Waals surface area contributed by atoms with Gasteiger partial charge in [0.15, 0.2) is 0 Å². The number of rotatable bonds is 6. The van der Waals surface area contributed by atoms with Crippen LogP contribution < -0.4 is 5.32 Å². The van der Waals surface area contributed by atoms with Gasteiger partial charge in [0.05, 0.1) is 5.56 Å². The largest absolute Gasteiger partial charge is 0.480 e. The zero-order chi connectivity index (χ0) is 14.6. The fourth-order valence-electron chi connectivity index (χ4n) is 1.85. The first kappa shape index (κ1) is 15.6. The van der Waals surface area contributed by atoms with Crippen molar-refractivity contribution in [3.05, 3.63) is 22.6 Å². The predicted molar refractivity (Wildman–Crippen MR) is 74.8 cm³/mol. The van der Waals surface area contributed by atoms with E-state index in [4.69, 9.17) is 9.52 Å². The first-order chi connectivity index (χ1) is 8.88. The number of thioether (sulfide) groups is 1. The summed E-state index contributed by atoms with van der Waals surface area (Å²) in [5, 5.41) is 11.6. The van der Waals surface area contributed by atoms with E-state index in [-0.39, 0.29) is 5.91 Å². The average Bonchev–Trinajstić information content (AvgIpc) is 2.58. The summed E-state index contributed by atoms with van der Waals surface area (Å²) in [7, 11) is 0. The van der Waals surface area contributed by atoms with E-state index in [1.165, 1.54) is 0 Å². The smallest absolute Gasteiger partial charge is 0.326 e. The molecule has 1 atom stereocenters. The van der Waals surface area contributed by atoms with Crippen molar-refractivity contribution in [1.82, 2.24) is 5.32 Å². The van der Waals surface area contributed by atoms with Crippen molar-refractivity contribution in [1.29, 1.82) is 0 Å². The summed E-state index contributed by atoms with van der Waals surface area (Å²) < 4.78 is 5.38. The molecule has 0 saturated carbocycles. The number of carboxylic acids is 1. The van der Waals surface area contributed by atoms with Crippen LogP contribution in [-0.4, -0.2) is 35.0 Å². The summed E-state index contributed by atoms with van der Waals surface area (Å²) in [4.78, 5) is 23.2. The number of amides is 1. The summed E-state index contributed by atoms with van der Waals surface area (Å²) >= 11 is 1.55. The molecular weight excluding hydrogens is 266 g/mol. The molecule has 106 valence electrons. The molecule has 0 radical (unpaired) electrons. The standard InChI is InChI=1S/C13H19NO4S/c1-7-8(2)18-9(3)11(7)12(15)14-10(13(16)17)5-6-19-4/h10H,5-6H2,1-4H3,(H,14,15)(H,16,17). The third-order valence-corrected chi connectivity index (χ3v) is 3.65. The Labute approximate surface area is 116 Å². The van der Waals surface area contributed by atoms with Crippen LogP contribution in [0.3, 0.4) is 0 Å². The summed E-state index contributed by atoms with van der Waals surface area (Å²) in [6, 6.07) is -0.867.